The standard InChI is InChI=1S/C27H36N4O3S/c1-26(2,3)30-35-21-6-4-5-20(18-21)29-25(34)22-8-7-19(24(33)28-13-16-32)17-23(22)31-14-11-27(9-10-27)12-15-31/h4-8,17-18,30,32H,9-16H2,1-3H3,(H,28,33)(H,29,34). The van der Waals surface area contributed by atoms with Crippen LogP contribution in [0.25, 0.3) is 0 Å². The number of nitrogens with zero attached hydrogens (tertiary/aromatic N) is 1. The van der Waals surface area contributed by atoms with Crippen molar-refractivity contribution in [1.82, 2.24) is 10.0 Å². The quantitative estimate of drug-likeness (QED) is 0.404. The second-order valence-corrected chi connectivity index (χ2v) is 11.5. The van der Waals surface area contributed by atoms with E-state index in [0.29, 0.717) is 16.5 Å². The van der Waals surface area contributed by atoms with Gasteiger partial charge in [-0.1, -0.05) is 6.07 Å². The summed E-state index contributed by atoms with van der Waals surface area (Å²) >= 11 is 1.54. The zero-order valence-electron chi connectivity index (χ0n) is 20.8. The SMILES string of the molecule is CC(C)(C)NSc1cccc(NC(=O)c2ccc(C(=O)NCCO)cc2N2CCC3(CC2)CC3)c1. The van der Waals surface area contributed by atoms with Crippen molar-refractivity contribution in [1.29, 1.82) is 0 Å². The molecule has 0 unspecified atom stereocenters. The Balaban J connectivity index is 1.54. The van der Waals surface area contributed by atoms with Crippen LogP contribution in [0.2, 0.25) is 0 Å². The molecule has 0 radical (unpaired) electrons. The second-order valence-electron chi connectivity index (χ2n) is 10.6. The molecule has 2 aromatic rings. The van der Waals surface area contributed by atoms with Crippen LogP contribution in [0, 0.1) is 5.41 Å². The van der Waals surface area contributed by atoms with E-state index in [4.69, 9.17) is 5.11 Å². The highest BCUT2D eigenvalue weighted by Gasteiger charge is 2.44. The molecule has 35 heavy (non-hydrogen) atoms. The number of amides is 2. The van der Waals surface area contributed by atoms with Crippen LogP contribution in [-0.2, 0) is 0 Å². The van der Waals surface area contributed by atoms with Crippen molar-refractivity contribution in [2.75, 3.05) is 36.5 Å². The second kappa shape index (κ2) is 10.6. The highest BCUT2D eigenvalue weighted by Crippen LogP contribution is 2.54. The predicted molar refractivity (Wildman–Crippen MR) is 142 cm³/mol. The fraction of sp³-hybridized carbons (Fsp3) is 0.481. The number of aliphatic hydroxyl groups is 1. The average Bonchev–Trinajstić information content (AvgIpc) is 3.59. The minimum atomic E-state index is -0.251. The van der Waals surface area contributed by atoms with E-state index in [-0.39, 0.29) is 30.5 Å². The lowest BCUT2D eigenvalue weighted by Crippen LogP contribution is -2.36. The number of carbonyl (C=O) groups is 2. The zero-order chi connectivity index (χ0) is 25.1. The molecule has 2 amide bonds. The van der Waals surface area contributed by atoms with Crippen LogP contribution in [0.4, 0.5) is 11.4 Å². The minimum Gasteiger partial charge on any atom is -0.395 e. The maximum Gasteiger partial charge on any atom is 0.257 e. The summed E-state index contributed by atoms with van der Waals surface area (Å²) in [5, 5.41) is 14.8. The summed E-state index contributed by atoms with van der Waals surface area (Å²) in [6, 6.07) is 13.0. The van der Waals surface area contributed by atoms with Gasteiger partial charge in [0, 0.05) is 41.3 Å². The van der Waals surface area contributed by atoms with Gasteiger partial charge in [-0.3, -0.25) is 14.3 Å². The van der Waals surface area contributed by atoms with Gasteiger partial charge in [0.25, 0.3) is 11.8 Å². The first-order valence-corrected chi connectivity index (χ1v) is 13.1. The van der Waals surface area contributed by atoms with Gasteiger partial charge in [0.05, 0.1) is 17.9 Å². The fourth-order valence-corrected chi connectivity index (χ4v) is 5.10. The van der Waals surface area contributed by atoms with Crippen LogP contribution < -0.4 is 20.3 Å². The molecule has 7 nitrogen and oxygen atoms in total. The van der Waals surface area contributed by atoms with Gasteiger partial charge < -0.3 is 20.6 Å². The summed E-state index contributed by atoms with van der Waals surface area (Å²) in [6.45, 7) is 8.15. The molecule has 0 atom stereocenters. The summed E-state index contributed by atoms with van der Waals surface area (Å²) in [5.41, 5.74) is 3.03. The Kier molecular flexibility index (Phi) is 7.73. The highest BCUT2D eigenvalue weighted by molar-refractivity contribution is 7.97. The molecule has 188 valence electrons. The van der Waals surface area contributed by atoms with Gasteiger partial charge in [0.15, 0.2) is 0 Å². The van der Waals surface area contributed by atoms with Crippen molar-refractivity contribution >= 4 is 35.1 Å². The third-order valence-electron chi connectivity index (χ3n) is 6.59. The van der Waals surface area contributed by atoms with E-state index in [1.165, 1.54) is 24.8 Å². The first kappa shape index (κ1) is 25.5. The molecule has 1 aliphatic heterocycles. The molecule has 8 heteroatoms. The Morgan fingerprint density at radius 3 is 2.43 bits per heavy atom. The molecule has 2 aromatic carbocycles. The van der Waals surface area contributed by atoms with Crippen molar-refractivity contribution in [3.05, 3.63) is 53.6 Å². The van der Waals surface area contributed by atoms with E-state index in [1.807, 2.05) is 30.3 Å². The van der Waals surface area contributed by atoms with Crippen molar-refractivity contribution < 1.29 is 14.7 Å². The molecule has 1 spiro atoms. The molecule has 1 aliphatic carbocycles. The molecule has 2 aliphatic rings. The van der Waals surface area contributed by atoms with Gasteiger partial charge in [-0.2, -0.15) is 0 Å². The third-order valence-corrected chi connectivity index (χ3v) is 7.79. The van der Waals surface area contributed by atoms with Crippen molar-refractivity contribution in [2.24, 2.45) is 5.41 Å². The first-order chi connectivity index (χ1) is 16.7. The van der Waals surface area contributed by atoms with E-state index in [0.717, 1.165) is 42.2 Å². The Morgan fingerprint density at radius 2 is 1.77 bits per heavy atom. The number of piperidine rings is 1. The Bertz CT molecular complexity index is 1070. The maximum absolute atomic E-state index is 13.4. The number of benzene rings is 2. The van der Waals surface area contributed by atoms with Crippen LogP contribution in [0.15, 0.2) is 47.4 Å². The summed E-state index contributed by atoms with van der Waals surface area (Å²) in [7, 11) is 0. The van der Waals surface area contributed by atoms with Crippen LogP contribution in [0.3, 0.4) is 0 Å². The van der Waals surface area contributed by atoms with Crippen molar-refractivity contribution in [3.63, 3.8) is 0 Å². The minimum absolute atomic E-state index is 0.0302. The topological polar surface area (TPSA) is 93.7 Å². The monoisotopic (exact) mass is 496 g/mol. The van der Waals surface area contributed by atoms with Crippen molar-refractivity contribution in [2.45, 2.75) is 56.9 Å². The maximum atomic E-state index is 13.4. The third kappa shape index (κ3) is 6.78. The molecule has 4 rings (SSSR count). The Morgan fingerprint density at radius 1 is 1.03 bits per heavy atom. The number of hydrogen-bond acceptors (Lipinski definition) is 6. The van der Waals surface area contributed by atoms with Crippen molar-refractivity contribution in [3.8, 4) is 0 Å². The number of aliphatic hydroxyl groups excluding tert-OH is 1. The lowest BCUT2D eigenvalue weighted by molar-refractivity contribution is 0.0943. The summed E-state index contributed by atoms with van der Waals surface area (Å²) in [5.74, 6) is -0.445. The van der Waals surface area contributed by atoms with Crippen LogP contribution in [0.5, 0.6) is 0 Å². The highest BCUT2D eigenvalue weighted by atomic mass is 32.2. The molecule has 0 bridgehead atoms. The molecule has 1 saturated carbocycles. The molecule has 1 saturated heterocycles. The number of rotatable bonds is 8. The van der Waals surface area contributed by atoms with Crippen LogP contribution in [0.1, 0.15) is 67.2 Å². The van der Waals surface area contributed by atoms with E-state index < -0.39 is 0 Å². The summed E-state index contributed by atoms with van der Waals surface area (Å²) < 4.78 is 3.39. The van der Waals surface area contributed by atoms with Gasteiger partial charge in [0.2, 0.25) is 0 Å². The van der Waals surface area contributed by atoms with E-state index in [2.05, 4.69) is 41.0 Å². The molecular weight excluding hydrogens is 460 g/mol. The number of nitrogens with one attached hydrogen (secondary N) is 3. The van der Waals surface area contributed by atoms with Crippen LogP contribution in [-0.4, -0.2) is 48.7 Å². The van der Waals surface area contributed by atoms with E-state index >= 15 is 0 Å². The van der Waals surface area contributed by atoms with E-state index in [9.17, 15) is 9.59 Å². The molecular formula is C27H36N4O3S. The van der Waals surface area contributed by atoms with E-state index in [1.54, 1.807) is 12.1 Å². The molecule has 1 heterocycles. The summed E-state index contributed by atoms with van der Waals surface area (Å²) in [6.07, 6.45) is 4.84. The normalized spacial score (nSPS) is 16.7. The zero-order valence-corrected chi connectivity index (χ0v) is 21.6. The fourth-order valence-electron chi connectivity index (χ4n) is 4.34. The first-order valence-electron chi connectivity index (χ1n) is 12.3. The largest absolute Gasteiger partial charge is 0.395 e. The Labute approximate surface area is 212 Å². The molecule has 2 fully saturated rings. The molecule has 0 aromatic heterocycles. The smallest absolute Gasteiger partial charge is 0.257 e. The Hall–Kier alpha value is -2.55. The molecule has 4 N–H and O–H groups in total. The lowest BCUT2D eigenvalue weighted by atomic mass is 9.92. The lowest BCUT2D eigenvalue weighted by Gasteiger charge is -2.35. The number of hydrogen-bond donors (Lipinski definition) is 4. The van der Waals surface area contributed by atoms with Gasteiger partial charge in [0.1, 0.15) is 0 Å². The number of carbonyl (C=O) groups excluding carboxylic acids is 2. The van der Waals surface area contributed by atoms with Gasteiger partial charge in [-0.05, 0) is 100 Å². The van der Waals surface area contributed by atoms with Gasteiger partial charge in [-0.25, -0.2) is 0 Å². The van der Waals surface area contributed by atoms with Gasteiger partial charge >= 0.3 is 0 Å². The number of anilines is 2. The summed E-state index contributed by atoms with van der Waals surface area (Å²) in [4.78, 5) is 29.2. The van der Waals surface area contributed by atoms with Crippen LogP contribution >= 0.6 is 11.9 Å². The van der Waals surface area contributed by atoms with Gasteiger partial charge in [-0.15, -0.1) is 0 Å². The average molecular weight is 497 g/mol. The predicted octanol–water partition coefficient (Wildman–Crippen LogP) is 4.44.